The maximum Gasteiger partial charge on any atom is 0.128 e. The lowest BCUT2D eigenvalue weighted by atomic mass is 10.2. The zero-order chi connectivity index (χ0) is 9.84. The molecule has 2 nitrogen and oxygen atoms in total. The molecule has 1 atom stereocenters. The molecule has 0 aliphatic carbocycles. The van der Waals surface area contributed by atoms with E-state index in [0.29, 0.717) is 0 Å². The highest BCUT2D eigenvalue weighted by Crippen LogP contribution is 2.20. The van der Waals surface area contributed by atoms with Gasteiger partial charge in [0.25, 0.3) is 0 Å². The second-order valence-electron chi connectivity index (χ2n) is 3.19. The Kier molecular flexibility index (Phi) is 3.67. The summed E-state index contributed by atoms with van der Waals surface area (Å²) in [4.78, 5) is 8.64. The number of rotatable bonds is 3. The van der Waals surface area contributed by atoms with Gasteiger partial charge in [0.1, 0.15) is 5.82 Å². The number of aryl methyl sites for hydroxylation is 2. The Morgan fingerprint density at radius 1 is 1.54 bits per heavy atom. The zero-order valence-electron chi connectivity index (χ0n) is 8.34. The third-order valence-electron chi connectivity index (χ3n) is 1.97. The van der Waals surface area contributed by atoms with Crippen molar-refractivity contribution < 1.29 is 0 Å². The molecule has 1 rings (SSSR count). The summed E-state index contributed by atoms with van der Waals surface area (Å²) in [6, 6.07) is 0. The Morgan fingerprint density at radius 3 is 2.69 bits per heavy atom. The second kappa shape index (κ2) is 4.56. The first-order chi connectivity index (χ1) is 6.15. The van der Waals surface area contributed by atoms with Gasteiger partial charge in [0.2, 0.25) is 0 Å². The first-order valence-electron chi connectivity index (χ1n) is 4.61. The van der Waals surface area contributed by atoms with Crippen LogP contribution in [0.4, 0.5) is 0 Å². The Labute approximate surface area is 84.4 Å². The van der Waals surface area contributed by atoms with E-state index in [1.54, 1.807) is 0 Å². The van der Waals surface area contributed by atoms with E-state index in [-0.39, 0.29) is 5.38 Å². The van der Waals surface area contributed by atoms with Crippen LogP contribution in [0.15, 0.2) is 6.20 Å². The Bertz CT molecular complexity index is 284. The summed E-state index contributed by atoms with van der Waals surface area (Å²) >= 11 is 5.96. The summed E-state index contributed by atoms with van der Waals surface area (Å²) in [5.41, 5.74) is 2.03. The average molecular weight is 199 g/mol. The van der Waals surface area contributed by atoms with E-state index in [0.717, 1.165) is 29.9 Å². The number of hydrogen-bond donors (Lipinski definition) is 0. The number of nitrogens with zero attached hydrogens (tertiary/aromatic N) is 2. The third-order valence-corrected chi connectivity index (χ3v) is 2.20. The minimum Gasteiger partial charge on any atom is -0.241 e. The minimum absolute atomic E-state index is 0.00400. The van der Waals surface area contributed by atoms with Crippen molar-refractivity contribution in [3.8, 4) is 0 Å². The van der Waals surface area contributed by atoms with E-state index in [1.807, 2.05) is 20.0 Å². The van der Waals surface area contributed by atoms with Gasteiger partial charge in [0.05, 0.1) is 5.38 Å². The number of halogens is 1. The fourth-order valence-corrected chi connectivity index (χ4v) is 1.47. The van der Waals surface area contributed by atoms with Crippen molar-refractivity contribution in [3.63, 3.8) is 0 Å². The molecule has 0 aliphatic heterocycles. The van der Waals surface area contributed by atoms with Crippen LogP contribution in [0, 0.1) is 6.92 Å². The monoisotopic (exact) mass is 198 g/mol. The van der Waals surface area contributed by atoms with Gasteiger partial charge in [-0.25, -0.2) is 9.97 Å². The molecular weight excluding hydrogens is 184 g/mol. The highest BCUT2D eigenvalue weighted by atomic mass is 35.5. The lowest BCUT2D eigenvalue weighted by molar-refractivity contribution is 0.810. The number of alkyl halides is 1. The maximum absolute atomic E-state index is 5.96. The molecule has 0 fully saturated rings. The van der Waals surface area contributed by atoms with E-state index < -0.39 is 0 Å². The van der Waals surface area contributed by atoms with Gasteiger partial charge >= 0.3 is 0 Å². The SMILES string of the molecule is CCCc1ncc(C(C)Cl)c(C)n1. The summed E-state index contributed by atoms with van der Waals surface area (Å²) in [5, 5.41) is -0.00400. The molecule has 1 aromatic rings. The summed E-state index contributed by atoms with van der Waals surface area (Å²) in [5.74, 6) is 0.918. The Balaban J connectivity index is 2.92. The largest absolute Gasteiger partial charge is 0.241 e. The predicted molar refractivity (Wildman–Crippen MR) is 55.0 cm³/mol. The minimum atomic E-state index is -0.00400. The molecular formula is C10H15ClN2. The van der Waals surface area contributed by atoms with Gasteiger partial charge < -0.3 is 0 Å². The first-order valence-corrected chi connectivity index (χ1v) is 5.05. The quantitative estimate of drug-likeness (QED) is 0.698. The molecule has 1 unspecified atom stereocenters. The number of aromatic nitrogens is 2. The van der Waals surface area contributed by atoms with Crippen LogP contribution < -0.4 is 0 Å². The molecule has 0 radical (unpaired) electrons. The Hall–Kier alpha value is -0.630. The van der Waals surface area contributed by atoms with Crippen LogP contribution in [0.5, 0.6) is 0 Å². The molecule has 1 heterocycles. The smallest absolute Gasteiger partial charge is 0.128 e. The molecule has 0 aromatic carbocycles. The molecule has 0 N–H and O–H groups in total. The molecule has 3 heteroatoms. The first kappa shape index (κ1) is 10.5. The molecule has 0 bridgehead atoms. The van der Waals surface area contributed by atoms with Crippen LogP contribution in [-0.2, 0) is 6.42 Å². The van der Waals surface area contributed by atoms with Crippen LogP contribution in [0.25, 0.3) is 0 Å². The highest BCUT2D eigenvalue weighted by molar-refractivity contribution is 6.20. The van der Waals surface area contributed by atoms with Gasteiger partial charge in [-0.3, -0.25) is 0 Å². The highest BCUT2D eigenvalue weighted by Gasteiger charge is 2.07. The van der Waals surface area contributed by atoms with Crippen molar-refractivity contribution in [2.75, 3.05) is 0 Å². The van der Waals surface area contributed by atoms with Crippen LogP contribution in [0.3, 0.4) is 0 Å². The molecule has 0 saturated carbocycles. The van der Waals surface area contributed by atoms with E-state index in [9.17, 15) is 0 Å². The molecule has 13 heavy (non-hydrogen) atoms. The van der Waals surface area contributed by atoms with Crippen LogP contribution in [-0.4, -0.2) is 9.97 Å². The second-order valence-corrected chi connectivity index (χ2v) is 3.85. The average Bonchev–Trinajstić information content (AvgIpc) is 2.04. The van der Waals surface area contributed by atoms with Gasteiger partial charge in [-0.1, -0.05) is 6.92 Å². The fourth-order valence-electron chi connectivity index (χ4n) is 1.26. The Morgan fingerprint density at radius 2 is 2.23 bits per heavy atom. The predicted octanol–water partition coefficient (Wildman–Crippen LogP) is 3.04. The van der Waals surface area contributed by atoms with Gasteiger partial charge in [0.15, 0.2) is 0 Å². The summed E-state index contributed by atoms with van der Waals surface area (Å²) in [6.07, 6.45) is 3.86. The lowest BCUT2D eigenvalue weighted by Crippen LogP contribution is -2.01. The number of hydrogen-bond acceptors (Lipinski definition) is 2. The van der Waals surface area contributed by atoms with Crippen LogP contribution in [0.2, 0.25) is 0 Å². The van der Waals surface area contributed by atoms with Crippen LogP contribution >= 0.6 is 11.6 Å². The van der Waals surface area contributed by atoms with E-state index in [4.69, 9.17) is 11.6 Å². The summed E-state index contributed by atoms with van der Waals surface area (Å²) in [7, 11) is 0. The third kappa shape index (κ3) is 2.66. The van der Waals surface area contributed by atoms with Gasteiger partial charge in [0, 0.05) is 23.9 Å². The maximum atomic E-state index is 5.96. The van der Waals surface area contributed by atoms with Crippen molar-refractivity contribution in [2.24, 2.45) is 0 Å². The zero-order valence-corrected chi connectivity index (χ0v) is 9.10. The summed E-state index contributed by atoms with van der Waals surface area (Å²) in [6.45, 7) is 6.04. The molecule has 0 aliphatic rings. The van der Waals surface area contributed by atoms with Crippen molar-refractivity contribution in [3.05, 3.63) is 23.3 Å². The van der Waals surface area contributed by atoms with Crippen molar-refractivity contribution in [2.45, 2.75) is 39.0 Å². The van der Waals surface area contributed by atoms with E-state index in [1.165, 1.54) is 0 Å². The van der Waals surface area contributed by atoms with Crippen molar-refractivity contribution in [1.82, 2.24) is 9.97 Å². The fraction of sp³-hybridized carbons (Fsp3) is 0.600. The molecule has 0 amide bonds. The van der Waals surface area contributed by atoms with E-state index in [2.05, 4.69) is 16.9 Å². The van der Waals surface area contributed by atoms with Crippen LogP contribution in [0.1, 0.15) is 42.7 Å². The van der Waals surface area contributed by atoms with Crippen molar-refractivity contribution >= 4 is 11.6 Å². The topological polar surface area (TPSA) is 25.8 Å². The molecule has 1 aromatic heterocycles. The van der Waals surface area contributed by atoms with E-state index >= 15 is 0 Å². The summed E-state index contributed by atoms with van der Waals surface area (Å²) < 4.78 is 0. The lowest BCUT2D eigenvalue weighted by Gasteiger charge is -2.07. The molecule has 72 valence electrons. The van der Waals surface area contributed by atoms with Gasteiger partial charge in [-0.05, 0) is 20.3 Å². The molecule has 0 spiro atoms. The standard InChI is InChI=1S/C10H15ClN2/c1-4-5-10-12-6-9(7(2)11)8(3)13-10/h6-7H,4-5H2,1-3H3. The molecule has 0 saturated heterocycles. The van der Waals surface area contributed by atoms with Gasteiger partial charge in [-0.15, -0.1) is 11.6 Å². The van der Waals surface area contributed by atoms with Crippen molar-refractivity contribution in [1.29, 1.82) is 0 Å². The van der Waals surface area contributed by atoms with Gasteiger partial charge in [-0.2, -0.15) is 0 Å². The normalized spacial score (nSPS) is 12.9.